The van der Waals surface area contributed by atoms with Crippen LogP contribution in [0.2, 0.25) is 0 Å². The summed E-state index contributed by atoms with van der Waals surface area (Å²) in [6, 6.07) is 6.94. The summed E-state index contributed by atoms with van der Waals surface area (Å²) in [5.41, 5.74) is 1.00. The Morgan fingerprint density at radius 3 is 2.35 bits per heavy atom. The maximum Gasteiger partial charge on any atom is 0.261 e. The minimum atomic E-state index is -0.197. The highest BCUT2D eigenvalue weighted by Gasteiger charge is 2.34. The van der Waals surface area contributed by atoms with Crippen LogP contribution >= 0.6 is 0 Å². The van der Waals surface area contributed by atoms with Gasteiger partial charge in [-0.3, -0.25) is 14.5 Å². The number of carbonyl (C=O) groups is 2. The number of benzene rings is 1. The summed E-state index contributed by atoms with van der Waals surface area (Å²) in [7, 11) is 0. The molecule has 1 aliphatic heterocycles. The van der Waals surface area contributed by atoms with Crippen molar-refractivity contribution in [3.8, 4) is 0 Å². The Morgan fingerprint density at radius 2 is 1.85 bits per heavy atom. The van der Waals surface area contributed by atoms with Crippen LogP contribution in [0.25, 0.3) is 0 Å². The number of hydrogen-bond acceptors (Lipinski definition) is 3. The number of hydrogen-bond donors (Lipinski definition) is 0. The predicted molar refractivity (Wildman–Crippen MR) is 76.7 cm³/mol. The molecule has 1 aromatic carbocycles. The Bertz CT molecular complexity index is 489. The summed E-state index contributed by atoms with van der Waals surface area (Å²) in [6.07, 6.45) is 3.20. The van der Waals surface area contributed by atoms with Crippen LogP contribution in [0.1, 0.15) is 40.5 Å². The molecule has 2 rings (SSSR count). The summed E-state index contributed by atoms with van der Waals surface area (Å²) in [6.45, 7) is 6.70. The lowest BCUT2D eigenvalue weighted by Gasteiger charge is -2.16. The molecule has 2 amide bonds. The molecule has 0 aliphatic carbocycles. The van der Waals surface area contributed by atoms with Crippen molar-refractivity contribution in [3.05, 3.63) is 48.0 Å². The van der Waals surface area contributed by atoms with Crippen LogP contribution in [-0.4, -0.2) is 36.0 Å². The van der Waals surface area contributed by atoms with E-state index in [0.29, 0.717) is 30.7 Å². The smallest absolute Gasteiger partial charge is 0.261 e. The molecule has 4 heteroatoms. The molecule has 0 N–H and O–H groups in total. The Hall–Kier alpha value is -1.94. The minimum Gasteiger partial charge on any atom is -0.374 e. The van der Waals surface area contributed by atoms with Crippen LogP contribution in [0.5, 0.6) is 0 Å². The van der Waals surface area contributed by atoms with Gasteiger partial charge < -0.3 is 4.74 Å². The first-order valence-corrected chi connectivity index (χ1v) is 6.88. The number of imide groups is 1. The van der Waals surface area contributed by atoms with Crippen molar-refractivity contribution in [2.75, 3.05) is 13.2 Å². The fraction of sp³-hybridized carbons (Fsp3) is 0.375. The number of nitrogens with zero attached hydrogens (tertiary/aromatic N) is 1. The molecular formula is C16H19NO3. The third kappa shape index (κ3) is 2.80. The number of amides is 2. The highest BCUT2D eigenvalue weighted by molar-refractivity contribution is 6.21. The first-order valence-electron chi connectivity index (χ1n) is 6.88. The topological polar surface area (TPSA) is 46.6 Å². The maximum absolute atomic E-state index is 12.1. The molecule has 1 heterocycles. The molecule has 20 heavy (non-hydrogen) atoms. The second kappa shape index (κ2) is 6.48. The van der Waals surface area contributed by atoms with Crippen LogP contribution in [0.3, 0.4) is 0 Å². The van der Waals surface area contributed by atoms with Crippen LogP contribution < -0.4 is 0 Å². The molecule has 0 bridgehead atoms. The van der Waals surface area contributed by atoms with Crippen LogP contribution in [-0.2, 0) is 4.74 Å². The molecule has 0 saturated heterocycles. The first kappa shape index (κ1) is 14.5. The minimum absolute atomic E-state index is 0.0183. The molecule has 1 atom stereocenters. The van der Waals surface area contributed by atoms with E-state index in [4.69, 9.17) is 4.74 Å². The van der Waals surface area contributed by atoms with E-state index in [1.807, 2.05) is 6.92 Å². The lowest BCUT2D eigenvalue weighted by atomic mass is 10.1. The van der Waals surface area contributed by atoms with Crippen molar-refractivity contribution in [2.24, 2.45) is 0 Å². The Morgan fingerprint density at radius 1 is 1.25 bits per heavy atom. The van der Waals surface area contributed by atoms with Gasteiger partial charge in [0.15, 0.2) is 0 Å². The molecule has 106 valence electrons. The lowest BCUT2D eigenvalue weighted by Crippen LogP contribution is -2.31. The number of rotatable bonds is 7. The lowest BCUT2D eigenvalue weighted by molar-refractivity contribution is 0.0621. The van der Waals surface area contributed by atoms with E-state index in [1.54, 1.807) is 30.3 Å². The molecule has 0 fully saturated rings. The number of ether oxygens (including phenoxy) is 1. The van der Waals surface area contributed by atoms with Gasteiger partial charge in [0.2, 0.25) is 0 Å². The number of carbonyl (C=O) groups excluding carboxylic acids is 2. The quantitative estimate of drug-likeness (QED) is 0.567. The Balaban J connectivity index is 1.94. The molecule has 0 saturated carbocycles. The Labute approximate surface area is 119 Å². The fourth-order valence-corrected chi connectivity index (χ4v) is 2.38. The third-order valence-electron chi connectivity index (χ3n) is 3.39. The Kier molecular flexibility index (Phi) is 4.69. The van der Waals surface area contributed by atoms with Gasteiger partial charge >= 0.3 is 0 Å². The monoisotopic (exact) mass is 273 g/mol. The molecular weight excluding hydrogens is 254 g/mol. The van der Waals surface area contributed by atoms with E-state index in [1.165, 1.54) is 4.90 Å². The normalized spacial score (nSPS) is 15.3. The zero-order valence-corrected chi connectivity index (χ0v) is 11.7. The predicted octanol–water partition coefficient (Wildman–Crippen LogP) is 2.65. The van der Waals surface area contributed by atoms with E-state index in [0.717, 1.165) is 6.42 Å². The average molecular weight is 273 g/mol. The van der Waals surface area contributed by atoms with E-state index >= 15 is 0 Å². The fourth-order valence-electron chi connectivity index (χ4n) is 2.38. The summed E-state index contributed by atoms with van der Waals surface area (Å²) in [5, 5.41) is 0. The van der Waals surface area contributed by atoms with Crippen molar-refractivity contribution >= 4 is 11.8 Å². The van der Waals surface area contributed by atoms with Gasteiger partial charge in [0.1, 0.15) is 0 Å². The second-order valence-corrected chi connectivity index (χ2v) is 4.68. The average Bonchev–Trinajstić information content (AvgIpc) is 2.71. The summed E-state index contributed by atoms with van der Waals surface area (Å²) in [4.78, 5) is 25.6. The van der Waals surface area contributed by atoms with Gasteiger partial charge in [0, 0.05) is 13.2 Å². The van der Waals surface area contributed by atoms with Crippen LogP contribution in [0.4, 0.5) is 0 Å². The van der Waals surface area contributed by atoms with Gasteiger partial charge in [-0.05, 0) is 31.9 Å². The largest absolute Gasteiger partial charge is 0.374 e. The van der Waals surface area contributed by atoms with Gasteiger partial charge in [0.25, 0.3) is 11.8 Å². The van der Waals surface area contributed by atoms with Crippen molar-refractivity contribution in [2.45, 2.75) is 25.9 Å². The van der Waals surface area contributed by atoms with E-state index in [9.17, 15) is 9.59 Å². The second-order valence-electron chi connectivity index (χ2n) is 4.68. The summed E-state index contributed by atoms with van der Waals surface area (Å²) < 4.78 is 5.46. The van der Waals surface area contributed by atoms with Gasteiger partial charge in [-0.15, -0.1) is 6.58 Å². The van der Waals surface area contributed by atoms with Crippen molar-refractivity contribution in [3.63, 3.8) is 0 Å². The van der Waals surface area contributed by atoms with Crippen molar-refractivity contribution in [1.82, 2.24) is 4.90 Å². The van der Waals surface area contributed by atoms with Crippen LogP contribution in [0.15, 0.2) is 36.9 Å². The highest BCUT2D eigenvalue weighted by atomic mass is 16.5. The zero-order chi connectivity index (χ0) is 14.5. The number of fused-ring (bicyclic) bond motifs is 1. The van der Waals surface area contributed by atoms with Gasteiger partial charge in [-0.2, -0.15) is 0 Å². The van der Waals surface area contributed by atoms with Gasteiger partial charge in [0.05, 0.1) is 17.2 Å². The SMILES string of the molecule is C=C[C@@H](CCCN1C(=O)c2ccccc2C1=O)OCC. The van der Waals surface area contributed by atoms with E-state index < -0.39 is 0 Å². The summed E-state index contributed by atoms with van der Waals surface area (Å²) >= 11 is 0. The molecule has 1 aliphatic rings. The first-order chi connectivity index (χ1) is 9.69. The molecule has 4 nitrogen and oxygen atoms in total. The molecule has 0 radical (unpaired) electrons. The maximum atomic E-state index is 12.1. The van der Waals surface area contributed by atoms with E-state index in [2.05, 4.69) is 6.58 Å². The standard InChI is InChI=1S/C16H19NO3/c1-3-12(20-4-2)8-7-11-17-15(18)13-9-5-6-10-14(13)16(17)19/h3,5-6,9-10,12H,1,4,7-8,11H2,2H3/t12-/m0/s1. The van der Waals surface area contributed by atoms with Gasteiger partial charge in [-0.1, -0.05) is 18.2 Å². The van der Waals surface area contributed by atoms with Crippen molar-refractivity contribution in [1.29, 1.82) is 0 Å². The molecule has 1 aromatic rings. The highest BCUT2D eigenvalue weighted by Crippen LogP contribution is 2.22. The van der Waals surface area contributed by atoms with Gasteiger partial charge in [-0.25, -0.2) is 0 Å². The third-order valence-corrected chi connectivity index (χ3v) is 3.39. The zero-order valence-electron chi connectivity index (χ0n) is 11.7. The van der Waals surface area contributed by atoms with Crippen LogP contribution in [0, 0.1) is 0 Å². The molecule has 0 unspecified atom stereocenters. The molecule has 0 spiro atoms. The summed E-state index contributed by atoms with van der Waals surface area (Å²) in [5.74, 6) is -0.394. The van der Waals surface area contributed by atoms with E-state index in [-0.39, 0.29) is 17.9 Å². The molecule has 0 aromatic heterocycles. The van der Waals surface area contributed by atoms with Crippen molar-refractivity contribution < 1.29 is 14.3 Å².